The van der Waals surface area contributed by atoms with E-state index in [4.69, 9.17) is 15.4 Å². The lowest BCUT2D eigenvalue weighted by Crippen LogP contribution is -2.06. The second kappa shape index (κ2) is 15.6. The van der Waals surface area contributed by atoms with Crippen LogP contribution in [0.1, 0.15) is 11.1 Å². The van der Waals surface area contributed by atoms with Gasteiger partial charge in [-0.1, -0.05) is 194 Å². The van der Waals surface area contributed by atoms with Gasteiger partial charge in [-0.2, -0.15) is 0 Å². The highest BCUT2D eigenvalue weighted by Gasteiger charge is 2.22. The molecule has 62 heavy (non-hydrogen) atoms. The highest BCUT2D eigenvalue weighted by Crippen LogP contribution is 2.44. The number of benzene rings is 9. The summed E-state index contributed by atoms with van der Waals surface area (Å²) in [7, 11) is 0. The number of nitrogens with zero attached hydrogens (tertiary/aromatic N) is 4. The largest absolute Gasteiger partial charge is 0.308 e. The molecule has 1 N–H and O–H groups in total. The average Bonchev–Trinajstić information content (AvgIpc) is 3.86. The molecule has 0 amide bonds. The smallest absolute Gasteiger partial charge is 0.163 e. The first-order chi connectivity index (χ1) is 30.7. The molecule has 0 aliphatic heterocycles. The number of para-hydroxylation sites is 3. The average molecular weight is 794 g/mol. The zero-order chi connectivity index (χ0) is 41.4. The van der Waals surface area contributed by atoms with Crippen LogP contribution in [0.25, 0.3) is 82.7 Å². The van der Waals surface area contributed by atoms with Gasteiger partial charge in [0.1, 0.15) is 6.34 Å². The molecule has 0 unspecified atom stereocenters. The summed E-state index contributed by atoms with van der Waals surface area (Å²) in [6.07, 6.45) is 1.86. The Morgan fingerprint density at radius 3 is 1.77 bits per heavy atom. The number of amidine groups is 2. The van der Waals surface area contributed by atoms with E-state index >= 15 is 0 Å². The number of nitrogens with one attached hydrogen (secondary N) is 1. The van der Waals surface area contributed by atoms with Gasteiger partial charge in [0.2, 0.25) is 0 Å². The molecule has 5 heteroatoms. The van der Waals surface area contributed by atoms with E-state index < -0.39 is 0 Å². The zero-order valence-electron chi connectivity index (χ0n) is 33.7. The number of hydrogen-bond donors (Lipinski definition) is 1. The Labute approximate surface area is 359 Å². The molecule has 0 radical (unpaired) electrons. The first-order valence-electron chi connectivity index (χ1n) is 20.8. The van der Waals surface area contributed by atoms with Crippen LogP contribution >= 0.6 is 0 Å². The summed E-state index contributed by atoms with van der Waals surface area (Å²) in [5.74, 6) is 0.613. The number of aromatic nitrogens is 2. The third-order valence-corrected chi connectivity index (χ3v) is 11.7. The van der Waals surface area contributed by atoms with Crippen LogP contribution in [-0.2, 0) is 0 Å². The van der Waals surface area contributed by atoms with Gasteiger partial charge in [-0.15, -0.1) is 0 Å². The van der Waals surface area contributed by atoms with Gasteiger partial charge in [0.25, 0.3) is 0 Å². The SMILES string of the molecule is N=C(N=C(N=Cn1c2ccccc2c2c1ccc1c3ccccc3n(-c3ccccc3-c3ccccc3-c3cccc(-c4ccccc4)c3)c12)c1ccccc1)c1ccccc1. The summed E-state index contributed by atoms with van der Waals surface area (Å²) in [4.78, 5) is 9.84. The molecule has 0 bridgehead atoms. The minimum atomic E-state index is 0.152. The van der Waals surface area contributed by atoms with Crippen molar-refractivity contribution in [1.29, 1.82) is 5.41 Å². The van der Waals surface area contributed by atoms with Crippen LogP contribution in [0.3, 0.4) is 0 Å². The van der Waals surface area contributed by atoms with Crippen molar-refractivity contribution in [1.82, 2.24) is 9.13 Å². The molecule has 0 aliphatic rings. The topological polar surface area (TPSA) is 58.4 Å². The molecule has 0 fully saturated rings. The molecule has 2 heterocycles. The molecule has 2 aromatic heterocycles. The van der Waals surface area contributed by atoms with Gasteiger partial charge in [-0.25, -0.2) is 9.98 Å². The fourth-order valence-corrected chi connectivity index (χ4v) is 8.91. The molecule has 0 saturated heterocycles. The van der Waals surface area contributed by atoms with Crippen molar-refractivity contribution in [3.8, 4) is 39.1 Å². The van der Waals surface area contributed by atoms with E-state index in [0.29, 0.717) is 5.84 Å². The van der Waals surface area contributed by atoms with E-state index in [0.717, 1.165) is 60.8 Å². The maximum Gasteiger partial charge on any atom is 0.163 e. The molecule has 292 valence electrons. The Morgan fingerprint density at radius 2 is 1.00 bits per heavy atom. The second-order valence-corrected chi connectivity index (χ2v) is 15.4. The monoisotopic (exact) mass is 793 g/mol. The minimum Gasteiger partial charge on any atom is -0.308 e. The van der Waals surface area contributed by atoms with E-state index in [9.17, 15) is 0 Å². The summed E-state index contributed by atoms with van der Waals surface area (Å²) in [6.45, 7) is 0. The Hall–Kier alpha value is -8.41. The number of fused-ring (bicyclic) bond motifs is 7. The summed E-state index contributed by atoms with van der Waals surface area (Å²) < 4.78 is 4.63. The van der Waals surface area contributed by atoms with Crippen molar-refractivity contribution < 1.29 is 0 Å². The third-order valence-electron chi connectivity index (χ3n) is 11.7. The van der Waals surface area contributed by atoms with Gasteiger partial charge >= 0.3 is 0 Å². The van der Waals surface area contributed by atoms with Crippen LogP contribution in [0.5, 0.6) is 0 Å². The Bertz CT molecular complexity index is 3520. The predicted octanol–water partition coefficient (Wildman–Crippen LogP) is 14.2. The van der Waals surface area contributed by atoms with Gasteiger partial charge in [-0.3, -0.25) is 9.98 Å². The Morgan fingerprint density at radius 1 is 0.419 bits per heavy atom. The lowest BCUT2D eigenvalue weighted by Gasteiger charge is -2.17. The van der Waals surface area contributed by atoms with Gasteiger partial charge in [0.05, 0.1) is 27.8 Å². The molecular weight excluding hydrogens is 755 g/mol. The van der Waals surface area contributed by atoms with Crippen molar-refractivity contribution in [2.45, 2.75) is 0 Å². The minimum absolute atomic E-state index is 0.152. The molecule has 11 aromatic rings. The van der Waals surface area contributed by atoms with Gasteiger partial charge < -0.3 is 4.57 Å². The van der Waals surface area contributed by atoms with Gasteiger partial charge in [0.15, 0.2) is 11.7 Å². The molecule has 0 spiro atoms. The van der Waals surface area contributed by atoms with Crippen LogP contribution in [-0.4, -0.2) is 27.1 Å². The van der Waals surface area contributed by atoms with Crippen LogP contribution < -0.4 is 0 Å². The van der Waals surface area contributed by atoms with E-state index in [2.05, 4.69) is 173 Å². The molecule has 11 rings (SSSR count). The molecule has 0 saturated carbocycles. The van der Waals surface area contributed by atoms with Gasteiger partial charge in [-0.05, 0) is 58.1 Å². The van der Waals surface area contributed by atoms with E-state index in [1.807, 2.05) is 67.0 Å². The highest BCUT2D eigenvalue weighted by atomic mass is 15.1. The van der Waals surface area contributed by atoms with Crippen LogP contribution in [0.2, 0.25) is 0 Å². The summed E-state index contributed by atoms with van der Waals surface area (Å²) >= 11 is 0. The summed E-state index contributed by atoms with van der Waals surface area (Å²) in [5, 5.41) is 13.5. The first-order valence-corrected chi connectivity index (χ1v) is 20.8. The van der Waals surface area contributed by atoms with Crippen molar-refractivity contribution in [2.24, 2.45) is 9.98 Å². The zero-order valence-corrected chi connectivity index (χ0v) is 33.7. The standard InChI is InChI=1S/C57H39N5/c58-56(40-21-6-2-7-22-40)60-57(41-23-8-3-9-24-41)59-38-61-50-32-15-14-31-49(50)54-53(61)36-35-48-47-30-13-17-34-52(47)62(55(48)54)51-33-16-12-29-46(51)45-28-11-10-27-44(45)43-26-18-25-42(37-43)39-19-4-1-5-20-39/h1-38,58H. The summed E-state index contributed by atoms with van der Waals surface area (Å²) in [6, 6.07) is 78.2. The van der Waals surface area contributed by atoms with Crippen LogP contribution in [0.15, 0.2) is 234 Å². The molecule has 0 aliphatic carbocycles. The molecular formula is C57H39N5. The fourth-order valence-electron chi connectivity index (χ4n) is 8.91. The van der Waals surface area contributed by atoms with E-state index in [-0.39, 0.29) is 5.84 Å². The molecule has 0 atom stereocenters. The van der Waals surface area contributed by atoms with E-state index in [1.54, 1.807) is 0 Å². The number of aliphatic imine (C=N–C) groups is 2. The third kappa shape index (κ3) is 6.40. The maximum absolute atomic E-state index is 8.89. The van der Waals surface area contributed by atoms with E-state index in [1.165, 1.54) is 33.0 Å². The van der Waals surface area contributed by atoms with Crippen molar-refractivity contribution in [2.75, 3.05) is 0 Å². The number of rotatable bonds is 7. The first kappa shape index (κ1) is 36.7. The fraction of sp³-hybridized carbons (Fsp3) is 0. The molecule has 9 aromatic carbocycles. The van der Waals surface area contributed by atoms with Crippen molar-refractivity contribution >= 4 is 61.6 Å². The lowest BCUT2D eigenvalue weighted by atomic mass is 9.92. The normalized spacial score (nSPS) is 12.0. The maximum atomic E-state index is 8.89. The summed E-state index contributed by atoms with van der Waals surface area (Å²) in [5.41, 5.74) is 14.0. The van der Waals surface area contributed by atoms with Crippen molar-refractivity contribution in [3.05, 3.63) is 236 Å². The highest BCUT2D eigenvalue weighted by molar-refractivity contribution is 6.27. The predicted molar refractivity (Wildman–Crippen MR) is 260 cm³/mol. The van der Waals surface area contributed by atoms with Crippen LogP contribution in [0.4, 0.5) is 0 Å². The quantitative estimate of drug-likeness (QED) is 0.123. The second-order valence-electron chi connectivity index (χ2n) is 15.4. The van der Waals surface area contributed by atoms with Crippen LogP contribution in [0, 0.1) is 5.41 Å². The lowest BCUT2D eigenvalue weighted by molar-refractivity contribution is 1.19. The molecule has 5 nitrogen and oxygen atoms in total. The Kier molecular flexibility index (Phi) is 9.25. The number of hydrogen-bond acceptors (Lipinski definition) is 1. The Balaban J connectivity index is 1.13. The van der Waals surface area contributed by atoms with Gasteiger partial charge in [0, 0.05) is 38.2 Å². The van der Waals surface area contributed by atoms with Crippen molar-refractivity contribution in [3.63, 3.8) is 0 Å².